The van der Waals surface area contributed by atoms with Gasteiger partial charge in [0.05, 0.1) is 11.7 Å². The van der Waals surface area contributed by atoms with Gasteiger partial charge in [-0.25, -0.2) is 4.98 Å². The van der Waals surface area contributed by atoms with Crippen LogP contribution in [-0.4, -0.2) is 11.1 Å². The van der Waals surface area contributed by atoms with Gasteiger partial charge in [0.2, 0.25) is 5.95 Å². The van der Waals surface area contributed by atoms with Crippen LogP contribution < -0.4 is 4.74 Å². The van der Waals surface area contributed by atoms with Gasteiger partial charge in [0.25, 0.3) is 0 Å². The Hall–Kier alpha value is -1.12. The van der Waals surface area contributed by atoms with E-state index in [1.807, 2.05) is 13.8 Å². The molecule has 1 aromatic rings. The molecular weight excluding hydrogens is 181 g/mol. The first kappa shape index (κ1) is 9.44. The lowest BCUT2D eigenvalue weighted by Crippen LogP contribution is -2.04. The molecule has 0 atom stereocenters. The number of hydrogen-bond acceptors (Lipinski definition) is 2. The number of nitrogens with zero attached hydrogens (tertiary/aromatic N) is 1. The summed E-state index contributed by atoms with van der Waals surface area (Å²) in [7, 11) is 0. The molecular formula is C11H14FNO. The van der Waals surface area contributed by atoms with Gasteiger partial charge < -0.3 is 4.74 Å². The van der Waals surface area contributed by atoms with E-state index in [4.69, 9.17) is 4.74 Å². The Morgan fingerprint density at radius 3 is 2.79 bits per heavy atom. The summed E-state index contributed by atoms with van der Waals surface area (Å²) < 4.78 is 19.0. The van der Waals surface area contributed by atoms with E-state index >= 15 is 0 Å². The van der Waals surface area contributed by atoms with Gasteiger partial charge in [-0.3, -0.25) is 0 Å². The number of aromatic nitrogens is 1. The Morgan fingerprint density at radius 1 is 1.50 bits per heavy atom. The summed E-state index contributed by atoms with van der Waals surface area (Å²) >= 11 is 0. The van der Waals surface area contributed by atoms with E-state index in [0.717, 1.165) is 12.8 Å². The van der Waals surface area contributed by atoms with Crippen molar-refractivity contribution < 1.29 is 9.13 Å². The van der Waals surface area contributed by atoms with Crippen molar-refractivity contribution in [1.82, 2.24) is 4.98 Å². The van der Waals surface area contributed by atoms with E-state index in [1.165, 1.54) is 6.20 Å². The number of halogens is 1. The predicted octanol–water partition coefficient (Wildman–Crippen LogP) is 2.89. The van der Waals surface area contributed by atoms with Crippen molar-refractivity contribution >= 4 is 0 Å². The summed E-state index contributed by atoms with van der Waals surface area (Å²) in [5.74, 6) is 0.366. The predicted molar refractivity (Wildman–Crippen MR) is 51.9 cm³/mol. The molecule has 0 amide bonds. The van der Waals surface area contributed by atoms with Crippen LogP contribution in [0.25, 0.3) is 0 Å². The highest BCUT2D eigenvalue weighted by atomic mass is 19.1. The van der Waals surface area contributed by atoms with Crippen LogP contribution in [0.4, 0.5) is 4.39 Å². The summed E-state index contributed by atoms with van der Waals surface area (Å²) in [6.45, 7) is 3.89. The van der Waals surface area contributed by atoms with Gasteiger partial charge in [-0.05, 0) is 24.8 Å². The topological polar surface area (TPSA) is 22.1 Å². The van der Waals surface area contributed by atoms with Crippen LogP contribution in [0, 0.1) is 5.95 Å². The van der Waals surface area contributed by atoms with Crippen LogP contribution in [0.3, 0.4) is 0 Å². The Kier molecular flexibility index (Phi) is 2.40. The van der Waals surface area contributed by atoms with Gasteiger partial charge in [0.1, 0.15) is 5.75 Å². The first-order valence-corrected chi connectivity index (χ1v) is 4.99. The zero-order chi connectivity index (χ0) is 10.1. The van der Waals surface area contributed by atoms with Crippen LogP contribution in [0.5, 0.6) is 5.75 Å². The highest BCUT2D eigenvalue weighted by Gasteiger charge is 2.26. The van der Waals surface area contributed by atoms with Crippen molar-refractivity contribution in [3.05, 3.63) is 23.8 Å². The van der Waals surface area contributed by atoms with Gasteiger partial charge in [-0.15, -0.1) is 0 Å². The third kappa shape index (κ3) is 1.86. The van der Waals surface area contributed by atoms with E-state index in [2.05, 4.69) is 4.98 Å². The largest absolute Gasteiger partial charge is 0.490 e. The Labute approximate surface area is 83.1 Å². The number of pyridine rings is 1. The Bertz CT molecular complexity index is 334. The van der Waals surface area contributed by atoms with Crippen molar-refractivity contribution in [3.8, 4) is 5.75 Å². The summed E-state index contributed by atoms with van der Waals surface area (Å²) in [5.41, 5.74) is 0.597. The fourth-order valence-electron chi connectivity index (χ4n) is 1.42. The normalized spacial score (nSPS) is 16.0. The first-order chi connectivity index (χ1) is 6.68. The number of hydrogen-bond donors (Lipinski definition) is 0. The maximum absolute atomic E-state index is 13.4. The molecule has 0 unspecified atom stereocenters. The quantitative estimate of drug-likeness (QED) is 0.692. The molecule has 0 saturated heterocycles. The SMILES string of the molecule is CC(C)c1c(OC2CC2)ccnc1F. The molecule has 1 aliphatic carbocycles. The maximum atomic E-state index is 13.4. The number of rotatable bonds is 3. The second kappa shape index (κ2) is 3.56. The molecule has 2 nitrogen and oxygen atoms in total. The fraction of sp³-hybridized carbons (Fsp3) is 0.545. The lowest BCUT2D eigenvalue weighted by molar-refractivity contribution is 0.295. The average Bonchev–Trinajstić information content (AvgIpc) is 2.87. The second-order valence-corrected chi connectivity index (χ2v) is 3.99. The standard InChI is InChI=1S/C11H14FNO/c1-7(2)10-9(14-8-3-4-8)5-6-13-11(10)12/h5-8H,3-4H2,1-2H3. The van der Waals surface area contributed by atoms with Crippen LogP contribution in [0.1, 0.15) is 38.2 Å². The van der Waals surface area contributed by atoms with Gasteiger partial charge >= 0.3 is 0 Å². The lowest BCUT2D eigenvalue weighted by atomic mass is 10.0. The molecule has 3 heteroatoms. The van der Waals surface area contributed by atoms with E-state index in [1.54, 1.807) is 6.07 Å². The minimum Gasteiger partial charge on any atom is -0.490 e. The molecule has 2 rings (SSSR count). The fourth-order valence-corrected chi connectivity index (χ4v) is 1.42. The molecule has 0 N–H and O–H groups in total. The highest BCUT2D eigenvalue weighted by molar-refractivity contribution is 5.34. The molecule has 14 heavy (non-hydrogen) atoms. The van der Waals surface area contributed by atoms with Gasteiger partial charge in [-0.1, -0.05) is 13.8 Å². The lowest BCUT2D eigenvalue weighted by Gasteiger charge is -2.13. The molecule has 0 bridgehead atoms. The monoisotopic (exact) mass is 195 g/mol. The summed E-state index contributed by atoms with van der Waals surface area (Å²) in [6.07, 6.45) is 3.93. The van der Waals surface area contributed by atoms with E-state index < -0.39 is 5.95 Å². The van der Waals surface area contributed by atoms with E-state index in [0.29, 0.717) is 17.4 Å². The van der Waals surface area contributed by atoms with Crippen LogP contribution in [-0.2, 0) is 0 Å². The smallest absolute Gasteiger partial charge is 0.220 e. The van der Waals surface area contributed by atoms with Crippen molar-refractivity contribution in [2.75, 3.05) is 0 Å². The summed E-state index contributed by atoms with van der Waals surface area (Å²) in [4.78, 5) is 3.64. The minimum absolute atomic E-state index is 0.109. The molecule has 76 valence electrons. The third-order valence-corrected chi connectivity index (χ3v) is 2.30. The zero-order valence-electron chi connectivity index (χ0n) is 8.46. The molecule has 0 radical (unpaired) electrons. The van der Waals surface area contributed by atoms with Crippen molar-refractivity contribution in [3.63, 3.8) is 0 Å². The molecule has 0 aliphatic heterocycles. The zero-order valence-corrected chi connectivity index (χ0v) is 8.46. The summed E-state index contributed by atoms with van der Waals surface area (Å²) in [6, 6.07) is 1.75. The van der Waals surface area contributed by atoms with Crippen molar-refractivity contribution in [1.29, 1.82) is 0 Å². The second-order valence-electron chi connectivity index (χ2n) is 3.99. The molecule has 1 aliphatic rings. The van der Waals surface area contributed by atoms with Crippen molar-refractivity contribution in [2.24, 2.45) is 0 Å². The average molecular weight is 195 g/mol. The molecule has 0 spiro atoms. The highest BCUT2D eigenvalue weighted by Crippen LogP contribution is 2.33. The van der Waals surface area contributed by atoms with Gasteiger partial charge in [0, 0.05) is 6.20 Å². The van der Waals surface area contributed by atoms with E-state index in [9.17, 15) is 4.39 Å². The van der Waals surface area contributed by atoms with Gasteiger partial charge in [-0.2, -0.15) is 4.39 Å². The molecule has 0 aromatic carbocycles. The summed E-state index contributed by atoms with van der Waals surface area (Å²) in [5, 5.41) is 0. The first-order valence-electron chi connectivity index (χ1n) is 4.99. The Balaban J connectivity index is 2.30. The molecule has 1 fully saturated rings. The third-order valence-electron chi connectivity index (χ3n) is 2.30. The number of ether oxygens (including phenoxy) is 1. The Morgan fingerprint density at radius 2 is 2.21 bits per heavy atom. The minimum atomic E-state index is -0.404. The maximum Gasteiger partial charge on any atom is 0.220 e. The molecule has 1 aromatic heterocycles. The van der Waals surface area contributed by atoms with Gasteiger partial charge in [0.15, 0.2) is 0 Å². The molecule has 1 saturated carbocycles. The molecule has 1 heterocycles. The van der Waals surface area contributed by atoms with E-state index in [-0.39, 0.29) is 5.92 Å². The van der Waals surface area contributed by atoms with Crippen LogP contribution >= 0.6 is 0 Å². The van der Waals surface area contributed by atoms with Crippen molar-refractivity contribution in [2.45, 2.75) is 38.7 Å². The van der Waals surface area contributed by atoms with Crippen LogP contribution in [0.15, 0.2) is 12.3 Å². The van der Waals surface area contributed by atoms with Crippen LogP contribution in [0.2, 0.25) is 0 Å².